The molecular formula is C23H20N4O4S. The van der Waals surface area contributed by atoms with Gasteiger partial charge in [0.1, 0.15) is 0 Å². The molecule has 1 atom stereocenters. The first-order valence-corrected chi connectivity index (χ1v) is 10.9. The standard InChI is InChI=1S/C23H20N4O4S/c1-15(22(28)24-17-9-10-18-20(12-17)31-14-30-18)32-23-26-25-21(19-8-5-11-29-19)27(23)13-16-6-3-2-4-7-16/h2-12,15H,13-14H2,1H3,(H,24,28)/t15-/m0/s1. The summed E-state index contributed by atoms with van der Waals surface area (Å²) in [5, 5.41) is 11.8. The molecule has 1 amide bonds. The quantitative estimate of drug-likeness (QED) is 0.418. The number of furan rings is 1. The fraction of sp³-hybridized carbons (Fsp3) is 0.174. The number of nitrogens with one attached hydrogen (secondary N) is 1. The fourth-order valence-electron chi connectivity index (χ4n) is 3.30. The van der Waals surface area contributed by atoms with Crippen LogP contribution in [0.25, 0.3) is 11.6 Å². The Morgan fingerprint density at radius 2 is 1.94 bits per heavy atom. The van der Waals surface area contributed by atoms with E-state index in [2.05, 4.69) is 15.5 Å². The first-order chi connectivity index (χ1) is 15.7. The number of fused-ring (bicyclic) bond motifs is 1. The Morgan fingerprint density at radius 1 is 1.09 bits per heavy atom. The Bertz CT molecular complexity index is 1220. The number of rotatable bonds is 7. The summed E-state index contributed by atoms with van der Waals surface area (Å²) in [4.78, 5) is 12.8. The van der Waals surface area contributed by atoms with E-state index in [1.165, 1.54) is 11.8 Å². The maximum atomic E-state index is 12.8. The predicted octanol–water partition coefficient (Wildman–Crippen LogP) is 4.43. The minimum atomic E-state index is -0.413. The van der Waals surface area contributed by atoms with E-state index in [1.54, 1.807) is 24.5 Å². The van der Waals surface area contributed by atoms with Gasteiger partial charge in [0.05, 0.1) is 18.1 Å². The first-order valence-electron chi connectivity index (χ1n) is 10.1. The Hall–Kier alpha value is -3.72. The molecule has 0 unspecified atom stereocenters. The molecule has 0 bridgehead atoms. The smallest absolute Gasteiger partial charge is 0.237 e. The minimum Gasteiger partial charge on any atom is -0.461 e. The van der Waals surface area contributed by atoms with Crippen LogP contribution >= 0.6 is 11.8 Å². The second kappa shape index (κ2) is 8.80. The molecule has 32 heavy (non-hydrogen) atoms. The zero-order valence-corrected chi connectivity index (χ0v) is 18.0. The van der Waals surface area contributed by atoms with Crippen LogP contribution in [0.4, 0.5) is 5.69 Å². The largest absolute Gasteiger partial charge is 0.461 e. The minimum absolute atomic E-state index is 0.150. The zero-order chi connectivity index (χ0) is 21.9. The van der Waals surface area contributed by atoms with Gasteiger partial charge >= 0.3 is 0 Å². The maximum absolute atomic E-state index is 12.8. The molecule has 0 saturated heterocycles. The van der Waals surface area contributed by atoms with Crippen molar-refractivity contribution in [3.8, 4) is 23.1 Å². The molecule has 1 aliphatic heterocycles. The van der Waals surface area contributed by atoms with Gasteiger partial charge in [-0.1, -0.05) is 42.1 Å². The van der Waals surface area contributed by atoms with Crippen molar-refractivity contribution in [2.45, 2.75) is 23.9 Å². The highest BCUT2D eigenvalue weighted by Crippen LogP contribution is 2.35. The summed E-state index contributed by atoms with van der Waals surface area (Å²) in [5.74, 6) is 2.38. The lowest BCUT2D eigenvalue weighted by atomic mass is 10.2. The van der Waals surface area contributed by atoms with E-state index in [0.29, 0.717) is 40.5 Å². The van der Waals surface area contributed by atoms with Gasteiger partial charge in [0, 0.05) is 11.8 Å². The molecule has 162 valence electrons. The van der Waals surface area contributed by atoms with Gasteiger partial charge in [-0.2, -0.15) is 0 Å². The molecule has 0 spiro atoms. The molecule has 4 aromatic rings. The van der Waals surface area contributed by atoms with E-state index in [0.717, 1.165) is 5.56 Å². The third kappa shape index (κ3) is 4.19. The number of nitrogens with zero attached hydrogens (tertiary/aromatic N) is 3. The van der Waals surface area contributed by atoms with Crippen LogP contribution in [0.3, 0.4) is 0 Å². The van der Waals surface area contributed by atoms with Gasteiger partial charge in [-0.05, 0) is 36.8 Å². The number of amides is 1. The molecule has 3 heterocycles. The number of anilines is 1. The van der Waals surface area contributed by atoms with Crippen LogP contribution in [0.15, 0.2) is 76.5 Å². The van der Waals surface area contributed by atoms with Gasteiger partial charge < -0.3 is 19.2 Å². The van der Waals surface area contributed by atoms with Crippen molar-refractivity contribution in [2.24, 2.45) is 0 Å². The van der Waals surface area contributed by atoms with Crippen LogP contribution in [-0.4, -0.2) is 32.7 Å². The number of hydrogen-bond acceptors (Lipinski definition) is 7. The molecule has 9 heteroatoms. The van der Waals surface area contributed by atoms with Gasteiger partial charge in [-0.15, -0.1) is 10.2 Å². The van der Waals surface area contributed by atoms with Crippen LogP contribution < -0.4 is 14.8 Å². The lowest BCUT2D eigenvalue weighted by Gasteiger charge is -2.14. The molecule has 2 aromatic carbocycles. The number of ether oxygens (including phenoxy) is 2. The summed E-state index contributed by atoms with van der Waals surface area (Å²) in [5.41, 5.74) is 1.74. The lowest BCUT2D eigenvalue weighted by Crippen LogP contribution is -2.23. The number of carbonyl (C=O) groups is 1. The predicted molar refractivity (Wildman–Crippen MR) is 120 cm³/mol. The zero-order valence-electron chi connectivity index (χ0n) is 17.2. The second-order valence-corrected chi connectivity index (χ2v) is 8.48. The fourth-order valence-corrected chi connectivity index (χ4v) is 4.15. The van der Waals surface area contributed by atoms with E-state index >= 15 is 0 Å². The van der Waals surface area contributed by atoms with E-state index in [9.17, 15) is 4.79 Å². The van der Waals surface area contributed by atoms with Crippen molar-refractivity contribution in [3.05, 3.63) is 72.5 Å². The van der Waals surface area contributed by atoms with E-state index < -0.39 is 5.25 Å². The molecule has 0 radical (unpaired) electrons. The average molecular weight is 449 g/mol. The number of hydrogen-bond donors (Lipinski definition) is 1. The summed E-state index contributed by atoms with van der Waals surface area (Å²) >= 11 is 1.34. The third-order valence-electron chi connectivity index (χ3n) is 4.93. The SMILES string of the molecule is C[C@H](Sc1nnc(-c2ccco2)n1Cc1ccccc1)C(=O)Nc1ccc2c(c1)OCO2. The van der Waals surface area contributed by atoms with E-state index in [-0.39, 0.29) is 12.7 Å². The summed E-state index contributed by atoms with van der Waals surface area (Å²) in [6.45, 7) is 2.58. The van der Waals surface area contributed by atoms with Crippen molar-refractivity contribution in [3.63, 3.8) is 0 Å². The van der Waals surface area contributed by atoms with Crippen molar-refractivity contribution in [1.82, 2.24) is 14.8 Å². The number of benzene rings is 2. The monoisotopic (exact) mass is 448 g/mol. The van der Waals surface area contributed by atoms with E-state index in [4.69, 9.17) is 13.9 Å². The average Bonchev–Trinajstić information content (AvgIpc) is 3.56. The summed E-state index contributed by atoms with van der Waals surface area (Å²) < 4.78 is 18.2. The van der Waals surface area contributed by atoms with Crippen LogP contribution in [0, 0.1) is 0 Å². The Labute approximate surface area is 188 Å². The number of carbonyl (C=O) groups excluding carboxylic acids is 1. The summed E-state index contributed by atoms with van der Waals surface area (Å²) in [6.07, 6.45) is 1.60. The highest BCUT2D eigenvalue weighted by molar-refractivity contribution is 8.00. The highest BCUT2D eigenvalue weighted by atomic mass is 32.2. The first kappa shape index (κ1) is 20.2. The molecule has 1 N–H and O–H groups in total. The molecule has 0 aliphatic carbocycles. The lowest BCUT2D eigenvalue weighted by molar-refractivity contribution is -0.115. The molecule has 5 rings (SSSR count). The van der Waals surface area contributed by atoms with Gasteiger partial charge in [0.15, 0.2) is 22.4 Å². The summed E-state index contributed by atoms with van der Waals surface area (Å²) in [6, 6.07) is 19.0. The maximum Gasteiger partial charge on any atom is 0.237 e. The van der Waals surface area contributed by atoms with Crippen molar-refractivity contribution in [2.75, 3.05) is 12.1 Å². The Kier molecular flexibility index (Phi) is 5.55. The Morgan fingerprint density at radius 3 is 2.75 bits per heavy atom. The second-order valence-electron chi connectivity index (χ2n) is 7.17. The van der Waals surface area contributed by atoms with Crippen molar-refractivity contribution >= 4 is 23.4 Å². The van der Waals surface area contributed by atoms with Crippen LogP contribution in [0.5, 0.6) is 11.5 Å². The molecule has 0 saturated carbocycles. The van der Waals surface area contributed by atoms with Gasteiger partial charge in [0.2, 0.25) is 18.5 Å². The highest BCUT2D eigenvalue weighted by Gasteiger charge is 2.23. The topological polar surface area (TPSA) is 91.4 Å². The molecule has 0 fully saturated rings. The van der Waals surface area contributed by atoms with Crippen molar-refractivity contribution in [1.29, 1.82) is 0 Å². The Balaban J connectivity index is 1.35. The van der Waals surface area contributed by atoms with Gasteiger partial charge in [0.25, 0.3) is 0 Å². The van der Waals surface area contributed by atoms with E-state index in [1.807, 2.05) is 54.0 Å². The third-order valence-corrected chi connectivity index (χ3v) is 6.01. The van der Waals surface area contributed by atoms with Crippen molar-refractivity contribution < 1.29 is 18.7 Å². The van der Waals surface area contributed by atoms with Crippen LogP contribution in [0.2, 0.25) is 0 Å². The molecule has 1 aliphatic rings. The van der Waals surface area contributed by atoms with Crippen LogP contribution in [-0.2, 0) is 11.3 Å². The van der Waals surface area contributed by atoms with Gasteiger partial charge in [-0.25, -0.2) is 0 Å². The number of thioether (sulfide) groups is 1. The molecule has 2 aromatic heterocycles. The summed E-state index contributed by atoms with van der Waals surface area (Å²) in [7, 11) is 0. The molecule has 8 nitrogen and oxygen atoms in total. The number of aromatic nitrogens is 3. The van der Waals surface area contributed by atoms with Crippen LogP contribution in [0.1, 0.15) is 12.5 Å². The molecular weight excluding hydrogens is 428 g/mol. The normalized spacial score (nSPS) is 13.2. The van der Waals surface area contributed by atoms with Gasteiger partial charge in [-0.3, -0.25) is 9.36 Å².